The maximum Gasteiger partial charge on any atom is 0.270 e. The number of thioether (sulfide) groups is 1. The molecule has 16 heavy (non-hydrogen) atoms. The molecule has 1 aromatic heterocycles. The Kier molecular flexibility index (Phi) is 3.21. The summed E-state index contributed by atoms with van der Waals surface area (Å²) in [5, 5.41) is 7.90. The van der Waals surface area contributed by atoms with Crippen molar-refractivity contribution < 1.29 is 0 Å². The second-order valence-electron chi connectivity index (χ2n) is 3.17. The molecule has 0 atom stereocenters. The zero-order valence-corrected chi connectivity index (χ0v) is 9.20. The summed E-state index contributed by atoms with van der Waals surface area (Å²) in [5.74, 6) is 0.717. The molecule has 6 heteroatoms. The van der Waals surface area contributed by atoms with E-state index in [1.807, 2.05) is 24.3 Å². The van der Waals surface area contributed by atoms with Crippen LogP contribution < -0.4 is 11.3 Å². The summed E-state index contributed by atoms with van der Waals surface area (Å²) in [7, 11) is 0. The minimum atomic E-state index is -0.241. The molecule has 2 aromatic rings. The van der Waals surface area contributed by atoms with E-state index in [4.69, 9.17) is 5.73 Å². The molecule has 0 spiro atoms. The van der Waals surface area contributed by atoms with Gasteiger partial charge in [0.15, 0.2) is 5.16 Å². The van der Waals surface area contributed by atoms with E-state index >= 15 is 0 Å². The van der Waals surface area contributed by atoms with Crippen LogP contribution in [0.15, 0.2) is 40.4 Å². The van der Waals surface area contributed by atoms with E-state index < -0.39 is 0 Å². The molecule has 2 rings (SSSR count). The quantitative estimate of drug-likeness (QED) is 0.612. The molecule has 0 saturated carbocycles. The van der Waals surface area contributed by atoms with E-state index in [2.05, 4.69) is 15.2 Å². The first-order valence-corrected chi connectivity index (χ1v) is 5.62. The Hall–Kier alpha value is -1.82. The van der Waals surface area contributed by atoms with Gasteiger partial charge in [-0.15, -0.1) is 5.10 Å². The van der Waals surface area contributed by atoms with Crippen molar-refractivity contribution in [3.8, 4) is 0 Å². The van der Waals surface area contributed by atoms with Gasteiger partial charge < -0.3 is 5.73 Å². The number of nitrogens with one attached hydrogen (secondary N) is 1. The molecule has 1 aromatic carbocycles. The van der Waals surface area contributed by atoms with Crippen molar-refractivity contribution in [3.63, 3.8) is 0 Å². The number of rotatable bonds is 3. The van der Waals surface area contributed by atoms with Crippen LogP contribution in [-0.2, 0) is 5.75 Å². The highest BCUT2D eigenvalue weighted by molar-refractivity contribution is 7.98. The second-order valence-corrected chi connectivity index (χ2v) is 4.13. The molecule has 82 valence electrons. The van der Waals surface area contributed by atoms with Crippen LogP contribution in [-0.4, -0.2) is 15.2 Å². The third kappa shape index (κ3) is 2.83. The van der Waals surface area contributed by atoms with Gasteiger partial charge in [-0.1, -0.05) is 23.9 Å². The lowest BCUT2D eigenvalue weighted by molar-refractivity contribution is 0.817. The van der Waals surface area contributed by atoms with Gasteiger partial charge in [0.1, 0.15) is 6.20 Å². The summed E-state index contributed by atoms with van der Waals surface area (Å²) in [4.78, 5) is 13.6. The fourth-order valence-corrected chi connectivity index (χ4v) is 1.90. The second kappa shape index (κ2) is 4.80. The third-order valence-corrected chi connectivity index (χ3v) is 2.84. The topological polar surface area (TPSA) is 84.7 Å². The van der Waals surface area contributed by atoms with Crippen LogP contribution >= 0.6 is 11.8 Å². The van der Waals surface area contributed by atoms with E-state index in [1.165, 1.54) is 11.8 Å². The van der Waals surface area contributed by atoms with Crippen LogP contribution in [0.25, 0.3) is 0 Å². The van der Waals surface area contributed by atoms with Crippen LogP contribution in [0.5, 0.6) is 0 Å². The molecule has 0 aliphatic heterocycles. The van der Waals surface area contributed by atoms with Crippen molar-refractivity contribution in [2.24, 2.45) is 0 Å². The van der Waals surface area contributed by atoms with Gasteiger partial charge in [0.05, 0.1) is 0 Å². The summed E-state index contributed by atoms with van der Waals surface area (Å²) in [6, 6.07) is 7.57. The highest BCUT2D eigenvalue weighted by Crippen LogP contribution is 2.18. The van der Waals surface area contributed by atoms with Gasteiger partial charge in [-0.2, -0.15) is 5.10 Å². The Morgan fingerprint density at radius 3 is 2.75 bits per heavy atom. The Morgan fingerprint density at radius 2 is 2.06 bits per heavy atom. The summed E-state index contributed by atoms with van der Waals surface area (Å²) >= 11 is 1.42. The summed E-state index contributed by atoms with van der Waals surface area (Å²) in [6.45, 7) is 0. The van der Waals surface area contributed by atoms with E-state index in [-0.39, 0.29) is 5.56 Å². The average Bonchev–Trinajstić information content (AvgIpc) is 2.28. The lowest BCUT2D eigenvalue weighted by Crippen LogP contribution is -2.07. The Morgan fingerprint density at radius 1 is 1.31 bits per heavy atom. The van der Waals surface area contributed by atoms with Crippen molar-refractivity contribution in [2.45, 2.75) is 10.9 Å². The molecule has 0 amide bonds. The molecule has 0 fully saturated rings. The number of hydrogen-bond donors (Lipinski definition) is 2. The van der Waals surface area contributed by atoms with Crippen molar-refractivity contribution in [3.05, 3.63) is 46.4 Å². The first-order chi connectivity index (χ1) is 7.74. The van der Waals surface area contributed by atoms with Crippen LogP contribution in [0, 0.1) is 0 Å². The van der Waals surface area contributed by atoms with E-state index in [0.29, 0.717) is 5.16 Å². The number of H-pyrrole nitrogens is 1. The summed E-state index contributed by atoms with van der Waals surface area (Å²) < 4.78 is 0. The highest BCUT2D eigenvalue weighted by atomic mass is 32.2. The Labute approximate surface area is 96.1 Å². The van der Waals surface area contributed by atoms with E-state index in [0.717, 1.165) is 23.2 Å². The van der Waals surface area contributed by atoms with Gasteiger partial charge in [-0.25, -0.2) is 0 Å². The zero-order chi connectivity index (χ0) is 11.4. The van der Waals surface area contributed by atoms with Crippen LogP contribution in [0.2, 0.25) is 0 Å². The van der Waals surface area contributed by atoms with Crippen LogP contribution in [0.1, 0.15) is 5.56 Å². The molecule has 0 unspecified atom stereocenters. The predicted molar refractivity (Wildman–Crippen MR) is 63.1 cm³/mol. The van der Waals surface area contributed by atoms with Gasteiger partial charge in [0, 0.05) is 11.4 Å². The Bertz CT molecular complexity index is 523. The van der Waals surface area contributed by atoms with Crippen LogP contribution in [0.3, 0.4) is 0 Å². The van der Waals surface area contributed by atoms with Gasteiger partial charge >= 0.3 is 0 Å². The standard InChI is InChI=1S/C10H10N4OS/c11-8-3-1-7(2-4-8)6-16-10-13-9(15)5-12-14-10/h1-5H,6,11H2,(H,13,14,15). The molecular formula is C10H10N4OS. The zero-order valence-electron chi connectivity index (χ0n) is 8.38. The van der Waals surface area contributed by atoms with Crippen molar-refractivity contribution in [2.75, 3.05) is 5.73 Å². The third-order valence-electron chi connectivity index (χ3n) is 1.91. The molecule has 5 nitrogen and oxygen atoms in total. The van der Waals surface area contributed by atoms with Crippen molar-refractivity contribution in [1.29, 1.82) is 0 Å². The fourth-order valence-electron chi connectivity index (χ4n) is 1.13. The Balaban J connectivity index is 2.02. The number of hydrogen-bond acceptors (Lipinski definition) is 5. The minimum Gasteiger partial charge on any atom is -0.399 e. The SMILES string of the molecule is Nc1ccc(CSc2nncc(=O)[nH]2)cc1. The molecular weight excluding hydrogens is 224 g/mol. The average molecular weight is 234 g/mol. The maximum atomic E-state index is 11.0. The molecule has 0 radical (unpaired) electrons. The molecule has 0 bridgehead atoms. The van der Waals surface area contributed by atoms with Gasteiger partial charge in [-0.3, -0.25) is 9.78 Å². The molecule has 0 aliphatic carbocycles. The van der Waals surface area contributed by atoms with Crippen LogP contribution in [0.4, 0.5) is 5.69 Å². The summed E-state index contributed by atoms with van der Waals surface area (Å²) in [6.07, 6.45) is 1.15. The number of aromatic nitrogens is 3. The molecule has 1 heterocycles. The van der Waals surface area contributed by atoms with Gasteiger partial charge in [0.25, 0.3) is 5.56 Å². The first-order valence-electron chi connectivity index (χ1n) is 4.63. The fraction of sp³-hybridized carbons (Fsp3) is 0.100. The van der Waals surface area contributed by atoms with E-state index in [9.17, 15) is 4.79 Å². The number of anilines is 1. The predicted octanol–water partition coefficient (Wildman–Crippen LogP) is 1.04. The molecule has 3 N–H and O–H groups in total. The van der Waals surface area contributed by atoms with Gasteiger partial charge in [0.2, 0.25) is 0 Å². The lowest BCUT2D eigenvalue weighted by Gasteiger charge is -2.00. The van der Waals surface area contributed by atoms with Crippen molar-refractivity contribution >= 4 is 17.4 Å². The normalized spacial score (nSPS) is 10.2. The number of benzene rings is 1. The maximum absolute atomic E-state index is 11.0. The molecule has 0 aliphatic rings. The highest BCUT2D eigenvalue weighted by Gasteiger charge is 1.98. The number of nitrogens with two attached hydrogens (primary N) is 1. The summed E-state index contributed by atoms with van der Waals surface area (Å²) in [5.41, 5.74) is 7.19. The lowest BCUT2D eigenvalue weighted by atomic mass is 10.2. The number of nitrogens with zero attached hydrogens (tertiary/aromatic N) is 2. The number of aromatic amines is 1. The van der Waals surface area contributed by atoms with Crippen molar-refractivity contribution in [1.82, 2.24) is 15.2 Å². The minimum absolute atomic E-state index is 0.241. The number of nitrogen functional groups attached to an aromatic ring is 1. The smallest absolute Gasteiger partial charge is 0.270 e. The first kappa shape index (κ1) is 10.7. The largest absolute Gasteiger partial charge is 0.399 e. The van der Waals surface area contributed by atoms with Gasteiger partial charge in [-0.05, 0) is 17.7 Å². The van der Waals surface area contributed by atoms with E-state index in [1.54, 1.807) is 0 Å². The molecule has 0 saturated heterocycles. The monoisotopic (exact) mass is 234 g/mol.